The van der Waals surface area contributed by atoms with Crippen molar-refractivity contribution in [1.82, 2.24) is 4.98 Å². The number of halogens is 1. The van der Waals surface area contributed by atoms with Crippen molar-refractivity contribution >= 4 is 15.9 Å². The van der Waals surface area contributed by atoms with Crippen molar-refractivity contribution in [3.05, 3.63) is 28.0 Å². The molecule has 0 atom stereocenters. The van der Waals surface area contributed by atoms with E-state index in [1.165, 1.54) is 0 Å². The highest BCUT2D eigenvalue weighted by atomic mass is 79.9. The molecule has 0 N–H and O–H groups in total. The van der Waals surface area contributed by atoms with Crippen LogP contribution in [-0.4, -0.2) is 4.98 Å². The number of nitriles is 1. The molecule has 0 spiro atoms. The van der Waals surface area contributed by atoms with E-state index >= 15 is 0 Å². The van der Waals surface area contributed by atoms with Gasteiger partial charge < -0.3 is 0 Å². The van der Waals surface area contributed by atoms with E-state index in [-0.39, 0.29) is 5.41 Å². The molecule has 72 valence electrons. The van der Waals surface area contributed by atoms with Gasteiger partial charge in [-0.2, -0.15) is 5.26 Å². The second kappa shape index (κ2) is 3.36. The maximum absolute atomic E-state index is 9.17. The SMILES string of the molecule is Cc1cnc(C2(C#N)CCC2)c(Br)c1. The summed E-state index contributed by atoms with van der Waals surface area (Å²) in [6.45, 7) is 2.00. The van der Waals surface area contributed by atoms with Crippen molar-refractivity contribution < 1.29 is 0 Å². The molecule has 0 bridgehead atoms. The smallest absolute Gasteiger partial charge is 0.100 e. The standard InChI is InChI=1S/C11H11BrN2/c1-8-5-9(12)10(14-6-8)11(7-13)3-2-4-11/h5-6H,2-4H2,1H3. The topological polar surface area (TPSA) is 36.7 Å². The molecule has 1 aromatic rings. The highest BCUT2D eigenvalue weighted by molar-refractivity contribution is 9.10. The van der Waals surface area contributed by atoms with Gasteiger partial charge in [-0.25, -0.2) is 0 Å². The third-order valence-corrected chi connectivity index (χ3v) is 3.46. The highest BCUT2D eigenvalue weighted by Crippen LogP contribution is 2.44. The van der Waals surface area contributed by atoms with Crippen LogP contribution < -0.4 is 0 Å². The third kappa shape index (κ3) is 1.34. The van der Waals surface area contributed by atoms with Gasteiger partial charge in [0.15, 0.2) is 0 Å². The largest absolute Gasteiger partial charge is 0.258 e. The lowest BCUT2D eigenvalue weighted by atomic mass is 9.67. The quantitative estimate of drug-likeness (QED) is 0.768. The lowest BCUT2D eigenvalue weighted by Crippen LogP contribution is -2.33. The van der Waals surface area contributed by atoms with Crippen LogP contribution in [0.15, 0.2) is 16.7 Å². The van der Waals surface area contributed by atoms with E-state index in [0.717, 1.165) is 35.0 Å². The first-order valence-electron chi connectivity index (χ1n) is 4.72. The molecule has 1 aliphatic rings. The summed E-state index contributed by atoms with van der Waals surface area (Å²) >= 11 is 3.48. The normalized spacial score (nSPS) is 18.4. The Morgan fingerprint density at radius 3 is 2.71 bits per heavy atom. The lowest BCUT2D eigenvalue weighted by Gasteiger charge is -2.35. The maximum atomic E-state index is 9.17. The van der Waals surface area contributed by atoms with Crippen molar-refractivity contribution in [3.63, 3.8) is 0 Å². The average Bonchev–Trinajstić information content (AvgIpc) is 2.07. The van der Waals surface area contributed by atoms with Crippen LogP contribution in [0.25, 0.3) is 0 Å². The summed E-state index contributed by atoms with van der Waals surface area (Å²) in [5, 5.41) is 9.17. The fourth-order valence-corrected chi connectivity index (χ4v) is 2.66. The van der Waals surface area contributed by atoms with Gasteiger partial charge >= 0.3 is 0 Å². The molecular formula is C11H11BrN2. The van der Waals surface area contributed by atoms with Crippen LogP contribution in [0, 0.1) is 18.3 Å². The Morgan fingerprint density at radius 1 is 1.57 bits per heavy atom. The van der Waals surface area contributed by atoms with Crippen molar-refractivity contribution in [3.8, 4) is 6.07 Å². The zero-order valence-corrected chi connectivity index (χ0v) is 9.63. The van der Waals surface area contributed by atoms with Gasteiger partial charge in [-0.15, -0.1) is 0 Å². The van der Waals surface area contributed by atoms with Crippen LogP contribution in [0.3, 0.4) is 0 Å². The third-order valence-electron chi connectivity index (χ3n) is 2.85. The summed E-state index contributed by atoms with van der Waals surface area (Å²) in [6.07, 6.45) is 4.85. The number of hydrogen-bond acceptors (Lipinski definition) is 2. The Labute approximate surface area is 92.1 Å². The Hall–Kier alpha value is -0.880. The van der Waals surface area contributed by atoms with Gasteiger partial charge in [0.2, 0.25) is 0 Å². The minimum absolute atomic E-state index is 0.313. The second-order valence-corrected chi connectivity index (χ2v) is 4.74. The van der Waals surface area contributed by atoms with E-state index < -0.39 is 0 Å². The van der Waals surface area contributed by atoms with Crippen molar-refractivity contribution in [2.75, 3.05) is 0 Å². The monoisotopic (exact) mass is 250 g/mol. The van der Waals surface area contributed by atoms with Gasteiger partial charge in [0, 0.05) is 10.7 Å². The van der Waals surface area contributed by atoms with Crippen LogP contribution in [0.2, 0.25) is 0 Å². The zero-order valence-electron chi connectivity index (χ0n) is 8.05. The molecule has 0 aliphatic heterocycles. The molecule has 0 radical (unpaired) electrons. The summed E-state index contributed by atoms with van der Waals surface area (Å²) in [7, 11) is 0. The van der Waals surface area contributed by atoms with E-state index in [4.69, 9.17) is 0 Å². The molecule has 3 heteroatoms. The molecule has 0 amide bonds. The number of rotatable bonds is 1. The number of aryl methyl sites for hydroxylation is 1. The predicted molar refractivity (Wildman–Crippen MR) is 57.8 cm³/mol. The van der Waals surface area contributed by atoms with Gasteiger partial charge in [0.1, 0.15) is 5.41 Å². The van der Waals surface area contributed by atoms with Crippen LogP contribution >= 0.6 is 15.9 Å². The van der Waals surface area contributed by atoms with Crippen LogP contribution in [0.1, 0.15) is 30.5 Å². The summed E-state index contributed by atoms with van der Waals surface area (Å²) in [5.41, 5.74) is 1.72. The highest BCUT2D eigenvalue weighted by Gasteiger charge is 2.41. The van der Waals surface area contributed by atoms with Crippen LogP contribution in [-0.2, 0) is 5.41 Å². The van der Waals surface area contributed by atoms with Crippen molar-refractivity contribution in [2.45, 2.75) is 31.6 Å². The van der Waals surface area contributed by atoms with E-state index in [2.05, 4.69) is 27.0 Å². The molecule has 14 heavy (non-hydrogen) atoms. The van der Waals surface area contributed by atoms with Gasteiger partial charge in [0.25, 0.3) is 0 Å². The minimum Gasteiger partial charge on any atom is -0.258 e. The first kappa shape index (κ1) is 9.67. The van der Waals surface area contributed by atoms with Gasteiger partial charge in [-0.1, -0.05) is 0 Å². The maximum Gasteiger partial charge on any atom is 0.100 e. The molecule has 1 aromatic heterocycles. The first-order valence-corrected chi connectivity index (χ1v) is 5.51. The Bertz CT molecular complexity index is 402. The minimum atomic E-state index is -0.313. The van der Waals surface area contributed by atoms with Gasteiger partial charge in [0.05, 0.1) is 11.8 Å². The molecule has 1 heterocycles. The summed E-state index contributed by atoms with van der Waals surface area (Å²) in [4.78, 5) is 4.37. The summed E-state index contributed by atoms with van der Waals surface area (Å²) in [5.74, 6) is 0. The van der Waals surface area contributed by atoms with E-state index in [9.17, 15) is 5.26 Å². The van der Waals surface area contributed by atoms with Crippen LogP contribution in [0.4, 0.5) is 0 Å². The molecular weight excluding hydrogens is 240 g/mol. The number of aromatic nitrogens is 1. The molecule has 2 rings (SSSR count). The second-order valence-electron chi connectivity index (χ2n) is 3.89. The fraction of sp³-hybridized carbons (Fsp3) is 0.455. The van der Waals surface area contributed by atoms with E-state index in [0.29, 0.717) is 0 Å². The Balaban J connectivity index is 2.46. The zero-order chi connectivity index (χ0) is 10.2. The number of nitrogens with zero attached hydrogens (tertiary/aromatic N) is 2. The van der Waals surface area contributed by atoms with Crippen molar-refractivity contribution in [1.29, 1.82) is 5.26 Å². The average molecular weight is 251 g/mol. The van der Waals surface area contributed by atoms with Crippen molar-refractivity contribution in [2.24, 2.45) is 0 Å². The van der Waals surface area contributed by atoms with E-state index in [1.807, 2.05) is 19.2 Å². The lowest BCUT2D eigenvalue weighted by molar-refractivity contribution is 0.314. The first-order chi connectivity index (χ1) is 6.68. The molecule has 1 fully saturated rings. The number of pyridine rings is 1. The number of hydrogen-bond donors (Lipinski definition) is 0. The molecule has 1 aliphatic carbocycles. The summed E-state index contributed by atoms with van der Waals surface area (Å²) in [6, 6.07) is 4.43. The molecule has 0 unspecified atom stereocenters. The molecule has 0 aromatic carbocycles. The molecule has 1 saturated carbocycles. The molecule has 2 nitrogen and oxygen atoms in total. The van der Waals surface area contributed by atoms with Gasteiger partial charge in [-0.05, 0) is 53.7 Å². The molecule has 0 saturated heterocycles. The van der Waals surface area contributed by atoms with E-state index in [1.54, 1.807) is 0 Å². The van der Waals surface area contributed by atoms with Gasteiger partial charge in [-0.3, -0.25) is 4.98 Å². The predicted octanol–water partition coefficient (Wildman–Crippen LogP) is 3.10. The summed E-state index contributed by atoms with van der Waals surface area (Å²) < 4.78 is 0.971. The van der Waals surface area contributed by atoms with Crippen LogP contribution in [0.5, 0.6) is 0 Å². The Kier molecular flexibility index (Phi) is 2.32. The Morgan fingerprint density at radius 2 is 2.29 bits per heavy atom. The fourth-order valence-electron chi connectivity index (χ4n) is 1.82.